The first kappa shape index (κ1) is 27.7. The van der Waals surface area contributed by atoms with Crippen molar-refractivity contribution in [2.24, 2.45) is 4.99 Å². The lowest BCUT2D eigenvalue weighted by Gasteiger charge is -2.13. The number of nitrogens with one attached hydrogen (secondary N) is 2. The fraction of sp³-hybridized carbons (Fsp3) is 0.333. The number of hydrogen-bond acceptors (Lipinski definition) is 10. The smallest absolute Gasteiger partial charge is 0.282 e. The number of carbonyl (C=O) groups excluding carboxylic acids is 2. The predicted octanol–water partition coefficient (Wildman–Crippen LogP) is 3.83. The van der Waals surface area contributed by atoms with Crippen molar-refractivity contribution in [3.8, 4) is 0 Å². The van der Waals surface area contributed by atoms with Crippen molar-refractivity contribution in [2.75, 3.05) is 23.3 Å². The molecule has 0 bridgehead atoms. The summed E-state index contributed by atoms with van der Waals surface area (Å²) in [6.45, 7) is 9.03. The fourth-order valence-electron chi connectivity index (χ4n) is 3.96. The molecule has 1 unspecified atom stereocenters. The van der Waals surface area contributed by atoms with E-state index in [0.29, 0.717) is 41.9 Å². The van der Waals surface area contributed by atoms with Gasteiger partial charge in [-0.1, -0.05) is 29.6 Å². The molecular weight excluding hydrogens is 514 g/mol. The monoisotopic (exact) mass is 545 g/mol. The van der Waals surface area contributed by atoms with Crippen LogP contribution in [0.4, 0.5) is 10.9 Å². The molecule has 1 aliphatic heterocycles. The van der Waals surface area contributed by atoms with E-state index >= 15 is 0 Å². The highest BCUT2D eigenvalue weighted by Crippen LogP contribution is 2.31. The van der Waals surface area contributed by atoms with Crippen LogP contribution in [0.2, 0.25) is 0 Å². The molecule has 0 aliphatic carbocycles. The zero-order valence-corrected chi connectivity index (χ0v) is 22.8. The van der Waals surface area contributed by atoms with Crippen LogP contribution in [0, 0.1) is 6.92 Å². The van der Waals surface area contributed by atoms with Gasteiger partial charge in [-0.05, 0) is 63.7 Å². The summed E-state index contributed by atoms with van der Waals surface area (Å²) in [6, 6.07) is 9.36. The van der Waals surface area contributed by atoms with Crippen molar-refractivity contribution in [1.82, 2.24) is 30.7 Å². The van der Waals surface area contributed by atoms with Gasteiger partial charge in [0.2, 0.25) is 16.0 Å². The Balaban J connectivity index is 1.24. The van der Waals surface area contributed by atoms with Crippen LogP contribution in [-0.2, 0) is 11.3 Å². The molecule has 0 saturated carbocycles. The summed E-state index contributed by atoms with van der Waals surface area (Å²) in [4.78, 5) is 35.0. The molecular formula is C27H31N9O2S. The molecule has 0 spiro atoms. The molecule has 3 aromatic heterocycles. The van der Waals surface area contributed by atoms with E-state index in [9.17, 15) is 9.59 Å². The number of hydrogen-bond donors (Lipinski definition) is 2. The van der Waals surface area contributed by atoms with Crippen LogP contribution >= 0.6 is 11.3 Å². The van der Waals surface area contributed by atoms with Gasteiger partial charge in [-0.15, -0.1) is 15.3 Å². The van der Waals surface area contributed by atoms with Gasteiger partial charge in [0.25, 0.3) is 5.91 Å². The van der Waals surface area contributed by atoms with Crippen molar-refractivity contribution in [1.29, 1.82) is 0 Å². The molecule has 4 rings (SSSR count). The maximum Gasteiger partial charge on any atom is 0.282 e. The highest BCUT2D eigenvalue weighted by Gasteiger charge is 2.28. The number of aliphatic imine (C=N–C) groups is 1. The summed E-state index contributed by atoms with van der Waals surface area (Å²) in [7, 11) is 0. The minimum atomic E-state index is -0.269. The average molecular weight is 546 g/mol. The Kier molecular flexibility index (Phi) is 9.57. The summed E-state index contributed by atoms with van der Waals surface area (Å²) >= 11 is 1.27. The van der Waals surface area contributed by atoms with Gasteiger partial charge in [0, 0.05) is 36.8 Å². The third-order valence-electron chi connectivity index (χ3n) is 6.08. The van der Waals surface area contributed by atoms with Gasteiger partial charge in [0.05, 0.1) is 17.9 Å². The number of amides is 2. The lowest BCUT2D eigenvalue weighted by atomic mass is 10.1. The van der Waals surface area contributed by atoms with E-state index in [1.165, 1.54) is 11.3 Å². The van der Waals surface area contributed by atoms with Crippen LogP contribution in [0.15, 0.2) is 59.2 Å². The molecule has 0 radical (unpaired) electrons. The molecule has 0 aromatic carbocycles. The van der Waals surface area contributed by atoms with E-state index in [-0.39, 0.29) is 17.7 Å². The van der Waals surface area contributed by atoms with Crippen molar-refractivity contribution in [3.63, 3.8) is 0 Å². The van der Waals surface area contributed by atoms with Gasteiger partial charge in [-0.3, -0.25) is 19.6 Å². The molecule has 3 aromatic rings. The summed E-state index contributed by atoms with van der Waals surface area (Å²) in [5.41, 5.74) is 3.36. The van der Waals surface area contributed by atoms with Gasteiger partial charge >= 0.3 is 0 Å². The van der Waals surface area contributed by atoms with Crippen LogP contribution in [-0.4, -0.2) is 57.0 Å². The van der Waals surface area contributed by atoms with E-state index in [1.54, 1.807) is 6.07 Å². The van der Waals surface area contributed by atoms with Crippen molar-refractivity contribution >= 4 is 40.8 Å². The molecule has 1 saturated heterocycles. The lowest BCUT2D eigenvalue weighted by Crippen LogP contribution is -2.23. The van der Waals surface area contributed by atoms with Gasteiger partial charge in [0.1, 0.15) is 0 Å². The molecule has 39 heavy (non-hydrogen) atoms. The van der Waals surface area contributed by atoms with E-state index in [1.807, 2.05) is 56.3 Å². The van der Waals surface area contributed by atoms with E-state index < -0.39 is 0 Å². The molecule has 4 heterocycles. The molecule has 12 heteroatoms. The first-order valence-corrected chi connectivity index (χ1v) is 13.5. The second-order valence-corrected chi connectivity index (χ2v) is 10.1. The largest absolute Gasteiger partial charge is 0.346 e. The molecule has 2 amide bonds. The fourth-order valence-corrected chi connectivity index (χ4v) is 4.75. The second-order valence-electron chi connectivity index (χ2n) is 9.10. The van der Waals surface area contributed by atoms with Gasteiger partial charge in [-0.2, -0.15) is 5.10 Å². The van der Waals surface area contributed by atoms with E-state index in [4.69, 9.17) is 0 Å². The number of rotatable bonds is 11. The maximum atomic E-state index is 12.5. The van der Waals surface area contributed by atoms with Crippen LogP contribution in [0.3, 0.4) is 0 Å². The Labute approximate surface area is 231 Å². The minimum Gasteiger partial charge on any atom is -0.346 e. The molecule has 202 valence electrons. The normalized spacial score (nSPS) is 15.5. The number of nitrogens with zero attached hydrogens (tertiary/aromatic N) is 7. The highest BCUT2D eigenvalue weighted by molar-refractivity contribution is 7.17. The van der Waals surface area contributed by atoms with Gasteiger partial charge in [0.15, 0.2) is 5.82 Å². The Morgan fingerprint density at radius 2 is 2.08 bits per heavy atom. The SMILES string of the molecule is C=N/C(C)=C\C=C/CCC(=O)Nc1ccc(C2CCN(c3nnc(C(=O)NCc4cccc(C)n4)s3)C2)nn1. The molecule has 11 nitrogen and oxygen atoms in total. The van der Waals surface area contributed by atoms with Crippen molar-refractivity contribution < 1.29 is 9.59 Å². The lowest BCUT2D eigenvalue weighted by molar-refractivity contribution is -0.116. The summed E-state index contributed by atoms with van der Waals surface area (Å²) in [5, 5.41) is 23.5. The summed E-state index contributed by atoms with van der Waals surface area (Å²) < 4.78 is 0. The number of carbonyl (C=O) groups is 2. The number of aryl methyl sites for hydroxylation is 1. The summed E-state index contributed by atoms with van der Waals surface area (Å²) in [5.74, 6) is 0.203. The zero-order chi connectivity index (χ0) is 27.6. The van der Waals surface area contributed by atoms with Crippen LogP contribution in [0.1, 0.15) is 59.0 Å². The van der Waals surface area contributed by atoms with Gasteiger partial charge in [-0.25, -0.2) is 0 Å². The minimum absolute atomic E-state index is 0.123. The zero-order valence-electron chi connectivity index (χ0n) is 22.0. The topological polar surface area (TPSA) is 138 Å². The Hall–Kier alpha value is -4.32. The summed E-state index contributed by atoms with van der Waals surface area (Å²) in [6.07, 6.45) is 7.43. The standard InChI is InChI=1S/C27H31N9O2S/c1-18(28-3)8-5-4-6-11-24(37)31-23-13-12-22(32-33-23)20-14-15-36(17-20)27-35-34-26(39-27)25(38)29-16-21-10-7-9-19(2)30-21/h4-5,7-10,12-13,20H,3,6,11,14-17H2,1-2H3,(H,29,38)(H,31,33,37)/b5-4-,18-8-. The Morgan fingerprint density at radius 1 is 1.21 bits per heavy atom. The van der Waals surface area contributed by atoms with Crippen LogP contribution in [0.25, 0.3) is 0 Å². The average Bonchev–Trinajstić information content (AvgIpc) is 3.62. The molecule has 1 fully saturated rings. The third kappa shape index (κ3) is 8.08. The van der Waals surface area contributed by atoms with Crippen molar-refractivity contribution in [2.45, 2.75) is 45.6 Å². The maximum absolute atomic E-state index is 12.5. The number of anilines is 2. The van der Waals surface area contributed by atoms with E-state index in [0.717, 1.165) is 35.7 Å². The quantitative estimate of drug-likeness (QED) is 0.274. The predicted molar refractivity (Wildman–Crippen MR) is 152 cm³/mol. The third-order valence-corrected chi connectivity index (χ3v) is 7.06. The molecule has 1 aliphatic rings. The first-order chi connectivity index (χ1) is 18.9. The number of pyridine rings is 1. The number of allylic oxidation sites excluding steroid dienone is 4. The molecule has 1 atom stereocenters. The Bertz CT molecular complexity index is 1370. The van der Waals surface area contributed by atoms with Crippen molar-refractivity contribution in [3.05, 3.63) is 76.3 Å². The van der Waals surface area contributed by atoms with Gasteiger partial charge < -0.3 is 15.5 Å². The van der Waals surface area contributed by atoms with E-state index in [2.05, 4.69) is 52.6 Å². The number of aromatic nitrogens is 5. The molecule has 2 N–H and O–H groups in total. The highest BCUT2D eigenvalue weighted by atomic mass is 32.1. The first-order valence-electron chi connectivity index (χ1n) is 12.6. The second kappa shape index (κ2) is 13.5. The van der Waals surface area contributed by atoms with Crippen LogP contribution < -0.4 is 15.5 Å². The Morgan fingerprint density at radius 3 is 2.85 bits per heavy atom. The van der Waals surface area contributed by atoms with Crippen LogP contribution in [0.5, 0.6) is 0 Å².